The summed E-state index contributed by atoms with van der Waals surface area (Å²) in [5.74, 6) is -0.221. The normalized spacial score (nSPS) is 22.1. The number of primary amides is 1. The molecule has 128 valence electrons. The number of piperidine rings is 1. The molecular weight excluding hydrogens is 302 g/mol. The average Bonchev–Trinajstić information content (AvgIpc) is 2.63. The van der Waals surface area contributed by atoms with Crippen molar-refractivity contribution in [2.24, 2.45) is 11.7 Å². The van der Waals surface area contributed by atoms with Gasteiger partial charge in [0, 0.05) is 19.6 Å². The number of likely N-dealkylation sites (tertiary alicyclic amines) is 1. The molecule has 3 rings (SSSR count). The highest BCUT2D eigenvalue weighted by Gasteiger charge is 2.27. The minimum atomic E-state index is -0.249. The molecular formula is C19H25N3O2. The summed E-state index contributed by atoms with van der Waals surface area (Å²) >= 11 is 0. The number of nitrogens with zero attached hydrogens (tertiary/aromatic N) is 2. The van der Waals surface area contributed by atoms with E-state index in [1.807, 2.05) is 23.1 Å². The van der Waals surface area contributed by atoms with Gasteiger partial charge in [0.05, 0.1) is 12.5 Å². The molecule has 1 saturated heterocycles. The van der Waals surface area contributed by atoms with Gasteiger partial charge in [-0.1, -0.05) is 36.4 Å². The van der Waals surface area contributed by atoms with Crippen LogP contribution in [-0.4, -0.2) is 54.3 Å². The fourth-order valence-electron chi connectivity index (χ4n) is 3.53. The van der Waals surface area contributed by atoms with Gasteiger partial charge in [0.1, 0.15) is 0 Å². The first kappa shape index (κ1) is 16.7. The van der Waals surface area contributed by atoms with Gasteiger partial charge in [0.15, 0.2) is 0 Å². The molecule has 0 unspecified atom stereocenters. The monoisotopic (exact) mass is 327 g/mol. The lowest BCUT2D eigenvalue weighted by Crippen LogP contribution is -2.47. The molecule has 2 N–H and O–H groups in total. The molecule has 1 aromatic carbocycles. The summed E-state index contributed by atoms with van der Waals surface area (Å²) < 4.78 is 0. The van der Waals surface area contributed by atoms with Crippen LogP contribution in [0.2, 0.25) is 0 Å². The minimum absolute atomic E-state index is 0.113. The van der Waals surface area contributed by atoms with Crippen molar-refractivity contribution in [3.63, 3.8) is 0 Å². The Morgan fingerprint density at radius 2 is 1.96 bits per heavy atom. The predicted molar refractivity (Wildman–Crippen MR) is 94.0 cm³/mol. The molecule has 2 amide bonds. The summed E-state index contributed by atoms with van der Waals surface area (Å²) in [6.07, 6.45) is 4.81. The van der Waals surface area contributed by atoms with Crippen molar-refractivity contribution in [1.82, 2.24) is 9.80 Å². The molecule has 0 spiro atoms. The molecule has 0 radical (unpaired) electrons. The number of nitrogens with two attached hydrogens (primary N) is 1. The quantitative estimate of drug-likeness (QED) is 0.911. The maximum Gasteiger partial charge on any atom is 0.237 e. The number of rotatable bonds is 4. The summed E-state index contributed by atoms with van der Waals surface area (Å²) in [5, 5.41) is 0. The molecule has 5 heteroatoms. The summed E-state index contributed by atoms with van der Waals surface area (Å²) in [6.45, 7) is 3.29. The highest BCUT2D eigenvalue weighted by atomic mass is 16.2. The Morgan fingerprint density at radius 1 is 1.17 bits per heavy atom. The molecule has 0 aromatic heterocycles. The predicted octanol–water partition coefficient (Wildman–Crippen LogP) is 1.50. The van der Waals surface area contributed by atoms with Crippen LogP contribution >= 0.6 is 0 Å². The van der Waals surface area contributed by atoms with Crippen molar-refractivity contribution in [1.29, 1.82) is 0 Å². The summed E-state index contributed by atoms with van der Waals surface area (Å²) in [7, 11) is 0. The van der Waals surface area contributed by atoms with Gasteiger partial charge in [-0.3, -0.25) is 14.5 Å². The molecule has 1 fully saturated rings. The first-order valence-corrected chi connectivity index (χ1v) is 8.67. The van der Waals surface area contributed by atoms with E-state index in [-0.39, 0.29) is 17.7 Å². The maximum atomic E-state index is 12.5. The van der Waals surface area contributed by atoms with Crippen LogP contribution < -0.4 is 5.73 Å². The van der Waals surface area contributed by atoms with Crippen molar-refractivity contribution in [3.8, 4) is 0 Å². The second kappa shape index (κ2) is 7.62. The van der Waals surface area contributed by atoms with Gasteiger partial charge in [-0.15, -0.1) is 0 Å². The zero-order chi connectivity index (χ0) is 16.9. The van der Waals surface area contributed by atoms with E-state index >= 15 is 0 Å². The minimum Gasteiger partial charge on any atom is -0.369 e. The number of hydrogen-bond donors (Lipinski definition) is 1. The van der Waals surface area contributed by atoms with Crippen molar-refractivity contribution < 1.29 is 9.59 Å². The molecule has 0 bridgehead atoms. The van der Waals surface area contributed by atoms with Crippen molar-refractivity contribution in [2.75, 3.05) is 32.7 Å². The number of hydrogen-bond acceptors (Lipinski definition) is 3. The number of benzene rings is 1. The average molecular weight is 327 g/mol. The van der Waals surface area contributed by atoms with Crippen LogP contribution in [0, 0.1) is 5.92 Å². The summed E-state index contributed by atoms with van der Waals surface area (Å²) in [6, 6.07) is 10.3. The second-order valence-corrected chi connectivity index (χ2v) is 6.66. The molecule has 2 aliphatic heterocycles. The summed E-state index contributed by atoms with van der Waals surface area (Å²) in [5.41, 5.74) is 7.96. The molecule has 1 atom stereocenters. The van der Waals surface area contributed by atoms with Crippen LogP contribution in [0.15, 0.2) is 36.4 Å². The molecule has 2 aliphatic rings. The van der Waals surface area contributed by atoms with Crippen LogP contribution in [0.1, 0.15) is 24.8 Å². The maximum absolute atomic E-state index is 12.5. The third-order valence-corrected chi connectivity index (χ3v) is 4.97. The third kappa shape index (κ3) is 4.03. The zero-order valence-corrected chi connectivity index (χ0v) is 14.0. The second-order valence-electron chi connectivity index (χ2n) is 6.66. The molecule has 5 nitrogen and oxygen atoms in total. The van der Waals surface area contributed by atoms with E-state index in [4.69, 9.17) is 5.73 Å². The molecule has 0 aliphatic carbocycles. The highest BCUT2D eigenvalue weighted by Crippen LogP contribution is 2.22. The van der Waals surface area contributed by atoms with E-state index < -0.39 is 0 Å². The smallest absolute Gasteiger partial charge is 0.237 e. The lowest BCUT2D eigenvalue weighted by atomic mass is 9.97. The van der Waals surface area contributed by atoms with Crippen LogP contribution in [-0.2, 0) is 9.59 Å². The SMILES string of the molecule is NC(=O)[C@H]1CCCN(CC(=O)N2CC=C(c3ccccc3)CC2)C1. The largest absolute Gasteiger partial charge is 0.369 e. The van der Waals surface area contributed by atoms with Gasteiger partial charge in [-0.25, -0.2) is 0 Å². The Hall–Kier alpha value is -2.14. The van der Waals surface area contributed by atoms with Crippen LogP contribution in [0.3, 0.4) is 0 Å². The third-order valence-electron chi connectivity index (χ3n) is 4.97. The Kier molecular flexibility index (Phi) is 5.30. The molecule has 0 saturated carbocycles. The summed E-state index contributed by atoms with van der Waals surface area (Å²) in [4.78, 5) is 27.8. The van der Waals surface area contributed by atoms with Crippen molar-refractivity contribution in [2.45, 2.75) is 19.3 Å². The fourth-order valence-corrected chi connectivity index (χ4v) is 3.53. The van der Waals surface area contributed by atoms with Gasteiger partial charge < -0.3 is 10.6 Å². The Bertz CT molecular complexity index is 627. The molecule has 24 heavy (non-hydrogen) atoms. The van der Waals surface area contributed by atoms with Crippen molar-refractivity contribution in [3.05, 3.63) is 42.0 Å². The Morgan fingerprint density at radius 3 is 2.62 bits per heavy atom. The molecule has 1 aromatic rings. The first-order chi connectivity index (χ1) is 11.6. The van der Waals surface area contributed by atoms with Crippen LogP contribution in [0.5, 0.6) is 0 Å². The van der Waals surface area contributed by atoms with E-state index in [2.05, 4.69) is 23.1 Å². The van der Waals surface area contributed by atoms with E-state index in [1.165, 1.54) is 11.1 Å². The van der Waals surface area contributed by atoms with E-state index in [0.29, 0.717) is 19.6 Å². The highest BCUT2D eigenvalue weighted by molar-refractivity contribution is 5.80. The Balaban J connectivity index is 1.54. The lowest BCUT2D eigenvalue weighted by molar-refractivity contribution is -0.133. The first-order valence-electron chi connectivity index (χ1n) is 8.67. The van der Waals surface area contributed by atoms with Gasteiger partial charge in [-0.2, -0.15) is 0 Å². The number of carbonyl (C=O) groups is 2. The number of carbonyl (C=O) groups excluding carboxylic acids is 2. The van der Waals surface area contributed by atoms with E-state index in [1.54, 1.807) is 0 Å². The fraction of sp³-hybridized carbons (Fsp3) is 0.474. The van der Waals surface area contributed by atoms with E-state index in [9.17, 15) is 9.59 Å². The Labute approximate surface area is 143 Å². The van der Waals surface area contributed by atoms with Gasteiger partial charge in [-0.05, 0) is 36.9 Å². The van der Waals surface area contributed by atoms with Gasteiger partial charge in [0.25, 0.3) is 0 Å². The van der Waals surface area contributed by atoms with Gasteiger partial charge in [0.2, 0.25) is 11.8 Å². The van der Waals surface area contributed by atoms with Crippen LogP contribution in [0.4, 0.5) is 0 Å². The number of amides is 2. The molecule has 2 heterocycles. The lowest BCUT2D eigenvalue weighted by Gasteiger charge is -2.33. The topological polar surface area (TPSA) is 66.6 Å². The van der Waals surface area contributed by atoms with Crippen LogP contribution in [0.25, 0.3) is 5.57 Å². The van der Waals surface area contributed by atoms with E-state index in [0.717, 1.165) is 32.4 Å². The standard InChI is InChI=1S/C19H25N3O2/c20-19(24)17-7-4-10-21(13-17)14-18(23)22-11-8-16(9-12-22)15-5-2-1-3-6-15/h1-3,5-6,8,17H,4,7,9-14H2,(H2,20,24)/t17-/m0/s1. The van der Waals surface area contributed by atoms with Gasteiger partial charge >= 0.3 is 0 Å². The van der Waals surface area contributed by atoms with Crippen molar-refractivity contribution >= 4 is 17.4 Å². The zero-order valence-electron chi connectivity index (χ0n) is 14.0.